The molecule has 0 saturated heterocycles. The maximum Gasteiger partial charge on any atom is 0.141 e. The smallest absolute Gasteiger partial charge is 0.141 e. The lowest BCUT2D eigenvalue weighted by Crippen LogP contribution is -2.31. The van der Waals surface area contributed by atoms with Gasteiger partial charge < -0.3 is 20.4 Å². The predicted molar refractivity (Wildman–Crippen MR) is 101 cm³/mol. The predicted octanol–water partition coefficient (Wildman–Crippen LogP) is 2.32. The van der Waals surface area contributed by atoms with Gasteiger partial charge in [-0.25, -0.2) is 15.0 Å². The van der Waals surface area contributed by atoms with Crippen molar-refractivity contribution in [1.82, 2.24) is 15.0 Å². The number of aromatic nitrogens is 3. The molecule has 0 fully saturated rings. The molecule has 3 aromatic rings. The summed E-state index contributed by atoms with van der Waals surface area (Å²) in [6.45, 7) is -0.0200. The minimum atomic E-state index is -0.825. The Morgan fingerprint density at radius 3 is 2.84 bits per heavy atom. The highest BCUT2D eigenvalue weighted by molar-refractivity contribution is 9.10. The second kappa shape index (κ2) is 7.73. The van der Waals surface area contributed by atoms with Gasteiger partial charge in [-0.15, -0.1) is 0 Å². The van der Waals surface area contributed by atoms with Crippen molar-refractivity contribution in [2.45, 2.75) is 6.10 Å². The molecule has 0 aliphatic carbocycles. The van der Waals surface area contributed by atoms with Crippen LogP contribution in [-0.2, 0) is 0 Å². The summed E-state index contributed by atoms with van der Waals surface area (Å²) in [7, 11) is 1.80. The Kier molecular flexibility index (Phi) is 5.42. The van der Waals surface area contributed by atoms with Crippen LogP contribution in [0.5, 0.6) is 0 Å². The minimum absolute atomic E-state index is 0.275. The molecule has 0 bridgehead atoms. The zero-order chi connectivity index (χ0) is 17.8. The monoisotopic (exact) mass is 403 g/mol. The van der Waals surface area contributed by atoms with Crippen molar-refractivity contribution < 1.29 is 10.2 Å². The first-order valence-electron chi connectivity index (χ1n) is 7.70. The summed E-state index contributed by atoms with van der Waals surface area (Å²) >= 11 is 3.45. The number of fused-ring (bicyclic) bond motifs is 1. The van der Waals surface area contributed by atoms with Gasteiger partial charge in [0.2, 0.25) is 0 Å². The highest BCUT2D eigenvalue weighted by atomic mass is 79.9. The van der Waals surface area contributed by atoms with Crippen molar-refractivity contribution in [2.24, 2.45) is 0 Å². The van der Waals surface area contributed by atoms with Crippen LogP contribution in [0.4, 0.5) is 17.3 Å². The fourth-order valence-corrected chi connectivity index (χ4v) is 2.83. The van der Waals surface area contributed by atoms with Gasteiger partial charge in [0.25, 0.3) is 0 Å². The first-order chi connectivity index (χ1) is 12.1. The summed E-state index contributed by atoms with van der Waals surface area (Å²) in [5.74, 6) is 1.33. The SMILES string of the molecule is CN(CC(O)CO)c1cc2c(Nc3cccc(Br)c3)ncnc2cn1. The Hall–Kier alpha value is -2.29. The van der Waals surface area contributed by atoms with E-state index in [-0.39, 0.29) is 13.2 Å². The average Bonchev–Trinajstić information content (AvgIpc) is 2.61. The maximum atomic E-state index is 9.62. The number of halogens is 1. The number of hydrogen-bond donors (Lipinski definition) is 3. The van der Waals surface area contributed by atoms with E-state index >= 15 is 0 Å². The van der Waals surface area contributed by atoms with Crippen molar-refractivity contribution in [3.8, 4) is 0 Å². The number of rotatable bonds is 6. The van der Waals surface area contributed by atoms with E-state index in [1.54, 1.807) is 18.1 Å². The van der Waals surface area contributed by atoms with Crippen molar-refractivity contribution in [1.29, 1.82) is 0 Å². The molecule has 0 radical (unpaired) electrons. The van der Waals surface area contributed by atoms with E-state index in [9.17, 15) is 5.11 Å². The molecule has 0 spiro atoms. The molecule has 0 amide bonds. The van der Waals surface area contributed by atoms with Crippen LogP contribution in [-0.4, -0.2) is 51.5 Å². The van der Waals surface area contributed by atoms with Gasteiger partial charge in [-0.1, -0.05) is 22.0 Å². The summed E-state index contributed by atoms with van der Waals surface area (Å²) in [5, 5.41) is 22.7. The highest BCUT2D eigenvalue weighted by Gasteiger charge is 2.12. The van der Waals surface area contributed by atoms with Crippen molar-refractivity contribution in [2.75, 3.05) is 30.4 Å². The molecule has 0 saturated carbocycles. The summed E-state index contributed by atoms with van der Waals surface area (Å²) in [6.07, 6.45) is 2.33. The molecule has 3 rings (SSSR count). The Bertz CT molecular complexity index is 877. The molecule has 1 unspecified atom stereocenters. The van der Waals surface area contributed by atoms with Crippen LogP contribution in [0.25, 0.3) is 10.9 Å². The number of hydrogen-bond acceptors (Lipinski definition) is 7. The third kappa shape index (κ3) is 4.22. The van der Waals surface area contributed by atoms with Gasteiger partial charge in [-0.05, 0) is 24.3 Å². The van der Waals surface area contributed by atoms with Gasteiger partial charge in [-0.2, -0.15) is 0 Å². The third-order valence-corrected chi connectivity index (χ3v) is 4.17. The van der Waals surface area contributed by atoms with E-state index in [1.807, 2.05) is 30.3 Å². The standard InChI is InChI=1S/C17H18BrN5O2/c1-23(8-13(25)9-24)16-6-14-15(7-19-16)20-10-21-17(14)22-12-4-2-3-11(18)5-12/h2-7,10,13,24-25H,8-9H2,1H3,(H,20,21,22). The van der Waals surface area contributed by atoms with E-state index in [2.05, 4.69) is 36.2 Å². The lowest BCUT2D eigenvalue weighted by molar-refractivity contribution is 0.101. The average molecular weight is 404 g/mol. The lowest BCUT2D eigenvalue weighted by atomic mass is 10.2. The second-order valence-electron chi connectivity index (χ2n) is 5.63. The zero-order valence-corrected chi connectivity index (χ0v) is 15.2. The molecule has 2 heterocycles. The molecule has 1 aromatic carbocycles. The van der Waals surface area contributed by atoms with Crippen LogP contribution >= 0.6 is 15.9 Å². The number of benzene rings is 1. The molecule has 25 heavy (non-hydrogen) atoms. The normalized spacial score (nSPS) is 12.2. The van der Waals surface area contributed by atoms with Crippen LogP contribution in [0.3, 0.4) is 0 Å². The Balaban J connectivity index is 1.94. The summed E-state index contributed by atoms with van der Waals surface area (Å²) in [4.78, 5) is 14.7. The first kappa shape index (κ1) is 17.5. The van der Waals surface area contributed by atoms with Gasteiger partial charge in [0.05, 0.1) is 24.4 Å². The fraction of sp³-hybridized carbons (Fsp3) is 0.235. The molecule has 0 aliphatic heterocycles. The summed E-state index contributed by atoms with van der Waals surface area (Å²) < 4.78 is 0.968. The Labute approximate surface area is 153 Å². The topological polar surface area (TPSA) is 94.4 Å². The van der Waals surface area contributed by atoms with E-state index in [0.717, 1.165) is 15.5 Å². The van der Waals surface area contributed by atoms with Crippen LogP contribution in [0.15, 0.2) is 47.3 Å². The van der Waals surface area contributed by atoms with E-state index in [4.69, 9.17) is 5.11 Å². The quantitative estimate of drug-likeness (QED) is 0.581. The van der Waals surface area contributed by atoms with Crippen LogP contribution in [0.1, 0.15) is 0 Å². The van der Waals surface area contributed by atoms with Crippen LogP contribution in [0.2, 0.25) is 0 Å². The summed E-state index contributed by atoms with van der Waals surface area (Å²) in [5.41, 5.74) is 1.61. The molecule has 7 nitrogen and oxygen atoms in total. The second-order valence-corrected chi connectivity index (χ2v) is 6.55. The number of pyridine rings is 1. The van der Waals surface area contributed by atoms with Gasteiger partial charge in [0.15, 0.2) is 0 Å². The van der Waals surface area contributed by atoms with Crippen molar-refractivity contribution in [3.05, 3.63) is 47.3 Å². The van der Waals surface area contributed by atoms with Crippen molar-refractivity contribution >= 4 is 44.2 Å². The van der Waals surface area contributed by atoms with E-state index in [0.29, 0.717) is 17.2 Å². The number of nitrogens with one attached hydrogen (secondary N) is 1. The number of aliphatic hydroxyl groups is 2. The molecule has 130 valence electrons. The maximum absolute atomic E-state index is 9.62. The highest BCUT2D eigenvalue weighted by Crippen LogP contribution is 2.26. The largest absolute Gasteiger partial charge is 0.394 e. The molecular formula is C17H18BrN5O2. The number of nitrogens with zero attached hydrogens (tertiary/aromatic N) is 4. The minimum Gasteiger partial charge on any atom is -0.394 e. The van der Waals surface area contributed by atoms with Gasteiger partial charge in [0, 0.05) is 29.1 Å². The summed E-state index contributed by atoms with van der Waals surface area (Å²) in [6, 6.07) is 9.66. The number of aliphatic hydroxyl groups excluding tert-OH is 2. The zero-order valence-electron chi connectivity index (χ0n) is 13.6. The first-order valence-corrected chi connectivity index (χ1v) is 8.49. The van der Waals surface area contributed by atoms with Crippen LogP contribution in [0, 0.1) is 0 Å². The molecule has 3 N–H and O–H groups in total. The van der Waals surface area contributed by atoms with Gasteiger partial charge in [0.1, 0.15) is 18.0 Å². The molecule has 0 aliphatic rings. The third-order valence-electron chi connectivity index (χ3n) is 3.68. The molecule has 8 heteroatoms. The number of likely N-dealkylation sites (N-methyl/N-ethyl adjacent to an activating group) is 1. The fourth-order valence-electron chi connectivity index (χ4n) is 2.43. The number of anilines is 3. The van der Waals surface area contributed by atoms with Gasteiger partial charge in [-0.3, -0.25) is 0 Å². The molecule has 2 aromatic heterocycles. The van der Waals surface area contributed by atoms with E-state index < -0.39 is 6.10 Å². The van der Waals surface area contributed by atoms with Crippen LogP contribution < -0.4 is 10.2 Å². The lowest BCUT2D eigenvalue weighted by Gasteiger charge is -2.21. The molecular weight excluding hydrogens is 386 g/mol. The van der Waals surface area contributed by atoms with E-state index in [1.165, 1.54) is 6.33 Å². The van der Waals surface area contributed by atoms with Crippen molar-refractivity contribution in [3.63, 3.8) is 0 Å². The van der Waals surface area contributed by atoms with Gasteiger partial charge >= 0.3 is 0 Å². The Morgan fingerprint density at radius 1 is 1.24 bits per heavy atom. The Morgan fingerprint density at radius 2 is 2.08 bits per heavy atom. The molecule has 1 atom stereocenters.